The van der Waals surface area contributed by atoms with Gasteiger partial charge in [-0.05, 0) is 48.9 Å². The molecule has 0 aromatic heterocycles. The summed E-state index contributed by atoms with van der Waals surface area (Å²) in [7, 11) is 1.56. The molecule has 3 rings (SSSR count). The molecule has 1 heterocycles. The van der Waals surface area contributed by atoms with Crippen molar-refractivity contribution in [1.82, 2.24) is 0 Å². The second-order valence-electron chi connectivity index (χ2n) is 6.17. The lowest BCUT2D eigenvalue weighted by Gasteiger charge is -2.28. The molecule has 2 aromatic carbocycles. The van der Waals surface area contributed by atoms with E-state index in [1.165, 1.54) is 0 Å². The van der Waals surface area contributed by atoms with Crippen molar-refractivity contribution in [3.63, 3.8) is 0 Å². The maximum atomic E-state index is 12.9. The van der Waals surface area contributed by atoms with E-state index >= 15 is 0 Å². The van der Waals surface area contributed by atoms with Gasteiger partial charge in [0, 0.05) is 10.6 Å². The minimum atomic E-state index is -0.748. The van der Waals surface area contributed by atoms with Crippen molar-refractivity contribution in [2.45, 2.75) is 12.8 Å². The Morgan fingerprint density at radius 3 is 2.41 bits per heavy atom. The Morgan fingerprint density at radius 2 is 1.86 bits per heavy atom. The molecule has 2 aromatic rings. The van der Waals surface area contributed by atoms with Gasteiger partial charge in [-0.25, -0.2) is 4.79 Å². The number of halogens is 1. The smallest absolute Gasteiger partial charge is 0.338 e. The molecule has 0 bridgehead atoms. The molecule has 1 atom stereocenters. The van der Waals surface area contributed by atoms with E-state index in [0.717, 1.165) is 0 Å². The van der Waals surface area contributed by atoms with Crippen LogP contribution in [0.4, 0.5) is 0 Å². The first-order valence-corrected chi connectivity index (χ1v) is 9.26. The van der Waals surface area contributed by atoms with Crippen molar-refractivity contribution >= 4 is 23.3 Å². The van der Waals surface area contributed by atoms with E-state index in [-0.39, 0.29) is 29.4 Å². The highest BCUT2D eigenvalue weighted by molar-refractivity contribution is 6.30. The fraction of sp³-hybridized carbons (Fsp3) is 0.182. The molecule has 0 saturated heterocycles. The number of carbonyl (C=O) groups is 1. The van der Waals surface area contributed by atoms with E-state index in [0.29, 0.717) is 21.9 Å². The Kier molecular flexibility index (Phi) is 6.10. The molecule has 148 valence electrons. The van der Waals surface area contributed by atoms with Gasteiger partial charge in [0.25, 0.3) is 0 Å². The van der Waals surface area contributed by atoms with E-state index in [4.69, 9.17) is 31.5 Å². The first-order chi connectivity index (χ1) is 14.0. The van der Waals surface area contributed by atoms with Crippen LogP contribution in [0.1, 0.15) is 24.0 Å². The van der Waals surface area contributed by atoms with Crippen LogP contribution < -0.4 is 10.5 Å². The van der Waals surface area contributed by atoms with Crippen LogP contribution in [0.25, 0.3) is 5.76 Å². The van der Waals surface area contributed by atoms with Gasteiger partial charge in [0.15, 0.2) is 0 Å². The van der Waals surface area contributed by atoms with E-state index < -0.39 is 11.9 Å². The van der Waals surface area contributed by atoms with Gasteiger partial charge in [0.2, 0.25) is 5.88 Å². The van der Waals surface area contributed by atoms with Crippen LogP contribution in [-0.4, -0.2) is 19.7 Å². The van der Waals surface area contributed by atoms with Gasteiger partial charge >= 0.3 is 5.97 Å². The molecule has 7 heteroatoms. The van der Waals surface area contributed by atoms with Crippen LogP contribution in [0.15, 0.2) is 65.6 Å². The number of hydrogen-bond donors (Lipinski definition) is 1. The van der Waals surface area contributed by atoms with Gasteiger partial charge in [-0.2, -0.15) is 5.26 Å². The third-order valence-electron chi connectivity index (χ3n) is 4.47. The van der Waals surface area contributed by atoms with Crippen molar-refractivity contribution in [2.75, 3.05) is 13.7 Å². The fourth-order valence-electron chi connectivity index (χ4n) is 3.12. The lowest BCUT2D eigenvalue weighted by atomic mass is 9.82. The summed E-state index contributed by atoms with van der Waals surface area (Å²) in [4.78, 5) is 12.9. The zero-order valence-electron chi connectivity index (χ0n) is 15.9. The maximum absolute atomic E-state index is 12.9. The average molecular weight is 411 g/mol. The van der Waals surface area contributed by atoms with Gasteiger partial charge in [0.1, 0.15) is 23.2 Å². The molecule has 0 fully saturated rings. The van der Waals surface area contributed by atoms with Crippen LogP contribution in [0.3, 0.4) is 0 Å². The lowest BCUT2D eigenvalue weighted by Crippen LogP contribution is -2.25. The van der Waals surface area contributed by atoms with Crippen molar-refractivity contribution in [3.8, 4) is 11.8 Å². The normalized spacial score (nSPS) is 16.1. The Bertz CT molecular complexity index is 1020. The molecule has 1 unspecified atom stereocenters. The number of allylic oxidation sites excluding steroid dienone is 1. The molecule has 1 aliphatic rings. The molecular formula is C22H19ClN2O4. The Morgan fingerprint density at radius 1 is 1.21 bits per heavy atom. The summed E-state index contributed by atoms with van der Waals surface area (Å²) in [6.07, 6.45) is 0. The van der Waals surface area contributed by atoms with Crippen LogP contribution >= 0.6 is 11.6 Å². The molecule has 0 radical (unpaired) electrons. The molecule has 1 aliphatic heterocycles. The molecular weight excluding hydrogens is 392 g/mol. The highest BCUT2D eigenvalue weighted by Gasteiger charge is 2.38. The number of hydrogen-bond acceptors (Lipinski definition) is 6. The second-order valence-corrected chi connectivity index (χ2v) is 6.60. The van der Waals surface area contributed by atoms with Gasteiger partial charge in [-0.15, -0.1) is 0 Å². The first kappa shape index (κ1) is 20.3. The lowest BCUT2D eigenvalue weighted by molar-refractivity contribution is -0.138. The minimum Gasteiger partial charge on any atom is -0.497 e. The summed E-state index contributed by atoms with van der Waals surface area (Å²) in [5.41, 5.74) is 7.67. The fourth-order valence-corrected chi connectivity index (χ4v) is 3.25. The Labute approximate surface area is 173 Å². The van der Waals surface area contributed by atoms with Gasteiger partial charge < -0.3 is 19.9 Å². The highest BCUT2D eigenvalue weighted by atomic mass is 35.5. The first-order valence-electron chi connectivity index (χ1n) is 8.88. The van der Waals surface area contributed by atoms with E-state index in [2.05, 4.69) is 6.07 Å². The van der Waals surface area contributed by atoms with Crippen molar-refractivity contribution < 1.29 is 19.0 Å². The second kappa shape index (κ2) is 8.72. The number of nitriles is 1. The summed E-state index contributed by atoms with van der Waals surface area (Å²) in [5.74, 6) is -0.507. The van der Waals surface area contributed by atoms with Crippen LogP contribution in [-0.2, 0) is 14.3 Å². The molecule has 0 saturated carbocycles. The largest absolute Gasteiger partial charge is 0.497 e. The monoisotopic (exact) mass is 410 g/mol. The number of ether oxygens (including phenoxy) is 3. The van der Waals surface area contributed by atoms with E-state index in [1.54, 1.807) is 62.6 Å². The Balaban J connectivity index is 2.24. The summed E-state index contributed by atoms with van der Waals surface area (Å²) in [6.45, 7) is 1.88. The molecule has 0 aliphatic carbocycles. The summed E-state index contributed by atoms with van der Waals surface area (Å²) < 4.78 is 16.2. The summed E-state index contributed by atoms with van der Waals surface area (Å²) in [5, 5.41) is 10.3. The SMILES string of the molecule is CCOC(=O)C1=C(c2ccc(OC)cc2)OC(N)=C(C#N)C1c1ccc(Cl)cc1. The predicted molar refractivity (Wildman–Crippen MR) is 109 cm³/mol. The standard InChI is InChI=1S/C22H19ClN2O4/c1-3-28-22(26)19-18(13-4-8-15(23)9-5-13)17(12-24)21(25)29-20(19)14-6-10-16(27-2)11-7-14/h4-11,18H,3,25H2,1-2H3. The summed E-state index contributed by atoms with van der Waals surface area (Å²) in [6, 6.07) is 15.9. The third kappa shape index (κ3) is 4.05. The van der Waals surface area contributed by atoms with Crippen LogP contribution in [0, 0.1) is 11.3 Å². The van der Waals surface area contributed by atoms with Crippen molar-refractivity contribution in [2.24, 2.45) is 5.73 Å². The molecule has 29 heavy (non-hydrogen) atoms. The van der Waals surface area contributed by atoms with Crippen molar-refractivity contribution in [1.29, 1.82) is 5.26 Å². The molecule has 0 amide bonds. The van der Waals surface area contributed by atoms with Gasteiger partial charge in [-0.3, -0.25) is 0 Å². The van der Waals surface area contributed by atoms with Gasteiger partial charge in [0.05, 0.1) is 25.2 Å². The number of esters is 1. The topological polar surface area (TPSA) is 94.6 Å². The van der Waals surface area contributed by atoms with E-state index in [1.807, 2.05) is 0 Å². The van der Waals surface area contributed by atoms with Crippen molar-refractivity contribution in [3.05, 3.63) is 81.7 Å². The number of benzene rings is 2. The average Bonchev–Trinajstić information content (AvgIpc) is 2.73. The highest BCUT2D eigenvalue weighted by Crippen LogP contribution is 2.43. The molecule has 0 spiro atoms. The number of carbonyl (C=O) groups excluding carboxylic acids is 1. The van der Waals surface area contributed by atoms with Crippen LogP contribution in [0.5, 0.6) is 5.75 Å². The third-order valence-corrected chi connectivity index (χ3v) is 4.72. The quantitative estimate of drug-likeness (QED) is 0.744. The maximum Gasteiger partial charge on any atom is 0.338 e. The number of nitrogens with two attached hydrogens (primary N) is 1. The number of methoxy groups -OCH3 is 1. The predicted octanol–water partition coefficient (Wildman–Crippen LogP) is 4.13. The van der Waals surface area contributed by atoms with Crippen LogP contribution in [0.2, 0.25) is 5.02 Å². The molecule has 6 nitrogen and oxygen atoms in total. The molecule has 2 N–H and O–H groups in total. The minimum absolute atomic E-state index is 0.0636. The number of nitrogens with zero attached hydrogens (tertiary/aromatic N) is 1. The zero-order valence-corrected chi connectivity index (χ0v) is 16.7. The zero-order chi connectivity index (χ0) is 21.0. The van der Waals surface area contributed by atoms with E-state index in [9.17, 15) is 10.1 Å². The number of rotatable bonds is 5. The summed E-state index contributed by atoms with van der Waals surface area (Å²) >= 11 is 6.01. The Hall–Kier alpha value is -3.43. The van der Waals surface area contributed by atoms with Gasteiger partial charge in [-0.1, -0.05) is 23.7 Å².